The minimum Gasteiger partial charge on any atom is -0.329 e. The third kappa shape index (κ3) is 1.63. The molecule has 1 heterocycles. The van der Waals surface area contributed by atoms with Crippen LogP contribution in [0.15, 0.2) is 12.4 Å². The summed E-state index contributed by atoms with van der Waals surface area (Å²) in [4.78, 5) is 17.4. The number of Topliss-reactive ketones (excluding diaryl/α,β-unsaturated/α-hetero) is 1. The summed E-state index contributed by atoms with van der Waals surface area (Å²) in [5.74, 6) is 3.52. The molecule has 1 aromatic heterocycles. The highest BCUT2D eigenvalue weighted by Crippen LogP contribution is 2.60. The lowest BCUT2D eigenvalue weighted by Crippen LogP contribution is -2.50. The molecule has 5 rings (SSSR count). The van der Waals surface area contributed by atoms with Crippen molar-refractivity contribution in [3.63, 3.8) is 0 Å². The first-order valence-corrected chi connectivity index (χ1v) is 7.76. The summed E-state index contributed by atoms with van der Waals surface area (Å²) >= 11 is 0. The van der Waals surface area contributed by atoms with Gasteiger partial charge in [0.1, 0.15) is 0 Å². The summed E-state index contributed by atoms with van der Waals surface area (Å²) in [6, 6.07) is 0. The first-order valence-electron chi connectivity index (χ1n) is 7.76. The van der Waals surface area contributed by atoms with Crippen LogP contribution >= 0.6 is 0 Å². The van der Waals surface area contributed by atoms with Gasteiger partial charge in [0.05, 0.1) is 0 Å². The first kappa shape index (κ1) is 11.7. The standard InChI is InChI=1S/C16H22N2O/c1-2-18-4-3-17-15(18)14(19)16-8-11-5-12(9-16)7-13(6-11)10-16/h3-4,11-13H,2,5-10H2,1H3. The summed E-state index contributed by atoms with van der Waals surface area (Å²) in [5, 5.41) is 0. The zero-order valence-corrected chi connectivity index (χ0v) is 11.6. The Labute approximate surface area is 114 Å². The number of rotatable bonds is 3. The summed E-state index contributed by atoms with van der Waals surface area (Å²) in [6.45, 7) is 2.92. The van der Waals surface area contributed by atoms with Gasteiger partial charge >= 0.3 is 0 Å². The van der Waals surface area contributed by atoms with Crippen molar-refractivity contribution in [1.82, 2.24) is 9.55 Å². The number of aryl methyl sites for hydroxylation is 1. The number of nitrogens with zero attached hydrogens (tertiary/aromatic N) is 2. The second-order valence-corrected chi connectivity index (χ2v) is 7.06. The van der Waals surface area contributed by atoms with Crippen molar-refractivity contribution in [3.8, 4) is 0 Å². The molecular weight excluding hydrogens is 236 g/mol. The molecule has 0 radical (unpaired) electrons. The lowest BCUT2D eigenvalue weighted by Gasteiger charge is -2.55. The monoisotopic (exact) mass is 258 g/mol. The molecular formula is C16H22N2O. The maximum absolute atomic E-state index is 13.1. The van der Waals surface area contributed by atoms with Gasteiger partial charge in [-0.05, 0) is 63.2 Å². The fraction of sp³-hybridized carbons (Fsp3) is 0.750. The number of ketones is 1. The molecule has 0 spiro atoms. The van der Waals surface area contributed by atoms with E-state index in [0.29, 0.717) is 11.6 Å². The molecule has 0 unspecified atom stereocenters. The lowest BCUT2D eigenvalue weighted by atomic mass is 9.48. The molecule has 0 aromatic carbocycles. The van der Waals surface area contributed by atoms with E-state index in [2.05, 4.69) is 11.9 Å². The van der Waals surface area contributed by atoms with E-state index >= 15 is 0 Å². The molecule has 4 saturated carbocycles. The van der Waals surface area contributed by atoms with E-state index < -0.39 is 0 Å². The van der Waals surface area contributed by atoms with Gasteiger partial charge in [-0.1, -0.05) is 0 Å². The van der Waals surface area contributed by atoms with Gasteiger partial charge in [0.25, 0.3) is 0 Å². The van der Waals surface area contributed by atoms with Gasteiger partial charge in [-0.25, -0.2) is 4.98 Å². The number of aromatic nitrogens is 2. The Bertz CT molecular complexity index is 481. The van der Waals surface area contributed by atoms with E-state index in [0.717, 1.165) is 43.6 Å². The SMILES string of the molecule is CCn1ccnc1C(=O)C12CC3CC(CC(C3)C1)C2. The lowest BCUT2D eigenvalue weighted by molar-refractivity contribution is -0.0360. The number of carbonyl (C=O) groups excluding carboxylic acids is 1. The van der Waals surface area contributed by atoms with Gasteiger partial charge in [-0.2, -0.15) is 0 Å². The average Bonchev–Trinajstić information content (AvgIpc) is 2.84. The van der Waals surface area contributed by atoms with Crippen LogP contribution in [-0.2, 0) is 6.54 Å². The zero-order chi connectivity index (χ0) is 13.0. The van der Waals surface area contributed by atoms with E-state index in [1.165, 1.54) is 19.3 Å². The largest absolute Gasteiger partial charge is 0.329 e. The van der Waals surface area contributed by atoms with Crippen LogP contribution in [0.4, 0.5) is 0 Å². The van der Waals surface area contributed by atoms with E-state index in [4.69, 9.17) is 0 Å². The summed E-state index contributed by atoms with van der Waals surface area (Å²) in [5.41, 5.74) is -0.0486. The van der Waals surface area contributed by atoms with Crippen LogP contribution in [0.2, 0.25) is 0 Å². The molecule has 0 atom stereocenters. The van der Waals surface area contributed by atoms with Crippen molar-refractivity contribution in [1.29, 1.82) is 0 Å². The minimum absolute atomic E-state index is 0.0486. The van der Waals surface area contributed by atoms with Gasteiger partial charge < -0.3 is 4.57 Å². The predicted octanol–water partition coefficient (Wildman–Crippen LogP) is 3.30. The molecule has 1 aromatic rings. The zero-order valence-electron chi connectivity index (χ0n) is 11.6. The van der Waals surface area contributed by atoms with Crippen LogP contribution in [0.1, 0.15) is 56.1 Å². The van der Waals surface area contributed by atoms with Crippen LogP contribution < -0.4 is 0 Å². The van der Waals surface area contributed by atoms with E-state index in [9.17, 15) is 4.79 Å². The second kappa shape index (κ2) is 3.94. The molecule has 4 fully saturated rings. The maximum Gasteiger partial charge on any atom is 0.204 e. The predicted molar refractivity (Wildman–Crippen MR) is 72.8 cm³/mol. The Morgan fingerprint density at radius 1 is 1.26 bits per heavy atom. The fourth-order valence-corrected chi connectivity index (χ4v) is 5.40. The fourth-order valence-electron chi connectivity index (χ4n) is 5.40. The molecule has 3 nitrogen and oxygen atoms in total. The molecule has 0 amide bonds. The van der Waals surface area contributed by atoms with Crippen LogP contribution in [0.5, 0.6) is 0 Å². The number of hydrogen-bond acceptors (Lipinski definition) is 2. The van der Waals surface area contributed by atoms with Crippen molar-refractivity contribution in [2.75, 3.05) is 0 Å². The number of carbonyl (C=O) groups is 1. The highest BCUT2D eigenvalue weighted by atomic mass is 16.1. The minimum atomic E-state index is -0.0486. The number of imidazole rings is 1. The maximum atomic E-state index is 13.1. The average molecular weight is 258 g/mol. The Hall–Kier alpha value is -1.12. The first-order chi connectivity index (χ1) is 9.20. The molecule has 3 heteroatoms. The Balaban J connectivity index is 1.70. The molecule has 0 aliphatic heterocycles. The van der Waals surface area contributed by atoms with Gasteiger partial charge in [0, 0.05) is 24.4 Å². The molecule has 19 heavy (non-hydrogen) atoms. The van der Waals surface area contributed by atoms with Crippen LogP contribution in [0.3, 0.4) is 0 Å². The second-order valence-electron chi connectivity index (χ2n) is 7.06. The Morgan fingerprint density at radius 3 is 2.37 bits per heavy atom. The molecule has 4 aliphatic carbocycles. The van der Waals surface area contributed by atoms with Crippen LogP contribution in [0.25, 0.3) is 0 Å². The normalized spacial score (nSPS) is 39.7. The topological polar surface area (TPSA) is 34.9 Å². The molecule has 0 saturated heterocycles. The van der Waals surface area contributed by atoms with Crippen molar-refractivity contribution < 1.29 is 4.79 Å². The summed E-state index contributed by atoms with van der Waals surface area (Å²) in [7, 11) is 0. The summed E-state index contributed by atoms with van der Waals surface area (Å²) < 4.78 is 2.01. The van der Waals surface area contributed by atoms with Gasteiger partial charge in [0.15, 0.2) is 5.82 Å². The van der Waals surface area contributed by atoms with Gasteiger partial charge in [0.2, 0.25) is 5.78 Å². The van der Waals surface area contributed by atoms with Crippen LogP contribution in [0, 0.1) is 23.2 Å². The molecule has 4 aliphatic rings. The van der Waals surface area contributed by atoms with Crippen molar-refractivity contribution in [3.05, 3.63) is 18.2 Å². The highest BCUT2D eigenvalue weighted by Gasteiger charge is 2.55. The van der Waals surface area contributed by atoms with Crippen molar-refractivity contribution >= 4 is 5.78 Å². The highest BCUT2D eigenvalue weighted by molar-refractivity contribution is 5.98. The molecule has 0 N–H and O–H groups in total. The number of hydrogen-bond donors (Lipinski definition) is 0. The third-order valence-electron chi connectivity index (χ3n) is 5.78. The van der Waals surface area contributed by atoms with Crippen molar-refractivity contribution in [2.24, 2.45) is 23.2 Å². The van der Waals surface area contributed by atoms with Crippen LogP contribution in [-0.4, -0.2) is 15.3 Å². The smallest absolute Gasteiger partial charge is 0.204 e. The quantitative estimate of drug-likeness (QED) is 0.780. The molecule has 102 valence electrons. The third-order valence-corrected chi connectivity index (χ3v) is 5.78. The van der Waals surface area contributed by atoms with E-state index in [1.54, 1.807) is 6.20 Å². The van der Waals surface area contributed by atoms with Gasteiger partial charge in [-0.15, -0.1) is 0 Å². The van der Waals surface area contributed by atoms with E-state index in [-0.39, 0.29) is 5.41 Å². The Kier molecular flexibility index (Phi) is 2.42. The van der Waals surface area contributed by atoms with E-state index in [1.807, 2.05) is 10.8 Å². The summed E-state index contributed by atoms with van der Waals surface area (Å²) in [6.07, 6.45) is 11.3. The Morgan fingerprint density at radius 2 is 1.84 bits per heavy atom. The van der Waals surface area contributed by atoms with Crippen molar-refractivity contribution in [2.45, 2.75) is 52.0 Å². The molecule has 4 bridgehead atoms. The van der Waals surface area contributed by atoms with Gasteiger partial charge in [-0.3, -0.25) is 4.79 Å².